The third-order valence-electron chi connectivity index (χ3n) is 3.42. The second-order valence-electron chi connectivity index (χ2n) is 5.22. The highest BCUT2D eigenvalue weighted by molar-refractivity contribution is 7.89. The molecule has 2 N–H and O–H groups in total. The summed E-state index contributed by atoms with van der Waals surface area (Å²) in [5, 5.41) is 0. The first-order valence-corrected chi connectivity index (χ1v) is 7.83. The lowest BCUT2D eigenvalue weighted by Crippen LogP contribution is -2.26. The van der Waals surface area contributed by atoms with E-state index in [0.717, 1.165) is 31.6 Å². The van der Waals surface area contributed by atoms with Crippen LogP contribution in [0.5, 0.6) is 0 Å². The molecule has 1 aliphatic rings. The quantitative estimate of drug-likeness (QED) is 0.895. The van der Waals surface area contributed by atoms with Crippen LogP contribution in [-0.2, 0) is 16.6 Å². The molecule has 0 aliphatic carbocycles. The number of nitrogens with zero attached hydrogens (tertiary/aromatic N) is 2. The summed E-state index contributed by atoms with van der Waals surface area (Å²) in [6, 6.07) is 7.36. The minimum absolute atomic E-state index is 0. The molecule has 0 saturated carbocycles. The van der Waals surface area contributed by atoms with Crippen molar-refractivity contribution in [1.82, 2.24) is 9.21 Å². The normalized spacial score (nSPS) is 20.1. The summed E-state index contributed by atoms with van der Waals surface area (Å²) in [7, 11) is -0.257. The van der Waals surface area contributed by atoms with E-state index in [1.807, 2.05) is 12.1 Å². The van der Waals surface area contributed by atoms with Crippen LogP contribution in [0.1, 0.15) is 12.0 Å². The van der Waals surface area contributed by atoms with E-state index in [4.69, 9.17) is 5.73 Å². The fourth-order valence-corrected chi connectivity index (χ4v) is 3.14. The second-order valence-corrected chi connectivity index (χ2v) is 7.37. The van der Waals surface area contributed by atoms with Gasteiger partial charge in [0.1, 0.15) is 0 Å². The summed E-state index contributed by atoms with van der Waals surface area (Å²) in [5.41, 5.74) is 6.98. The highest BCUT2D eigenvalue weighted by atomic mass is 35.5. The molecular formula is C13H22ClN3O2S. The van der Waals surface area contributed by atoms with E-state index in [-0.39, 0.29) is 18.4 Å². The standard InChI is InChI=1S/C13H21N3O2S.ClH/c1-15(2)19(17,18)13-5-3-11(4-6-13)9-16-8-7-12(14)10-16;/h3-6,12H,7-10,14H2,1-2H3;1H/t12-;/m0./s1. The number of sulfonamides is 1. The van der Waals surface area contributed by atoms with E-state index in [1.54, 1.807) is 12.1 Å². The van der Waals surface area contributed by atoms with Crippen LogP contribution >= 0.6 is 12.4 Å². The van der Waals surface area contributed by atoms with Gasteiger partial charge in [0.25, 0.3) is 0 Å². The van der Waals surface area contributed by atoms with Gasteiger partial charge in [-0.3, -0.25) is 4.90 Å². The molecule has 1 aromatic rings. The molecule has 20 heavy (non-hydrogen) atoms. The Morgan fingerprint density at radius 3 is 2.35 bits per heavy atom. The molecule has 114 valence electrons. The molecule has 1 aromatic carbocycles. The van der Waals surface area contributed by atoms with Crippen molar-refractivity contribution in [3.8, 4) is 0 Å². The summed E-state index contributed by atoms with van der Waals surface area (Å²) >= 11 is 0. The highest BCUT2D eigenvalue weighted by Crippen LogP contribution is 2.16. The van der Waals surface area contributed by atoms with Gasteiger partial charge in [0.15, 0.2) is 0 Å². The summed E-state index contributed by atoms with van der Waals surface area (Å²) in [4.78, 5) is 2.62. The first kappa shape index (κ1) is 17.4. The van der Waals surface area contributed by atoms with Crippen LogP contribution in [0.25, 0.3) is 0 Å². The van der Waals surface area contributed by atoms with E-state index in [0.29, 0.717) is 4.90 Å². The summed E-state index contributed by atoms with van der Waals surface area (Å²) in [5.74, 6) is 0. The number of rotatable bonds is 4. The van der Waals surface area contributed by atoms with Gasteiger partial charge in [0.2, 0.25) is 10.0 Å². The van der Waals surface area contributed by atoms with Gasteiger partial charge in [-0.15, -0.1) is 12.4 Å². The van der Waals surface area contributed by atoms with Crippen LogP contribution in [0, 0.1) is 0 Å². The minimum atomic E-state index is -3.33. The Morgan fingerprint density at radius 1 is 1.30 bits per heavy atom. The number of hydrogen-bond donors (Lipinski definition) is 1. The third-order valence-corrected chi connectivity index (χ3v) is 5.25. The molecule has 1 fully saturated rings. The van der Waals surface area contributed by atoms with Crippen LogP contribution in [0.4, 0.5) is 0 Å². The topological polar surface area (TPSA) is 66.6 Å². The van der Waals surface area contributed by atoms with Gasteiger partial charge >= 0.3 is 0 Å². The molecule has 0 aromatic heterocycles. The molecule has 7 heteroatoms. The van der Waals surface area contributed by atoms with E-state index in [1.165, 1.54) is 18.4 Å². The van der Waals surface area contributed by atoms with Crippen molar-refractivity contribution in [3.63, 3.8) is 0 Å². The van der Waals surface area contributed by atoms with Crippen LogP contribution in [0.2, 0.25) is 0 Å². The molecule has 1 aliphatic heterocycles. The Kier molecular flexibility index (Phi) is 5.97. The van der Waals surface area contributed by atoms with Crippen molar-refractivity contribution in [2.75, 3.05) is 27.2 Å². The zero-order valence-corrected chi connectivity index (χ0v) is 13.5. The van der Waals surface area contributed by atoms with Gasteiger partial charge in [-0.25, -0.2) is 12.7 Å². The molecular weight excluding hydrogens is 298 g/mol. The Hall–Kier alpha value is -0.660. The van der Waals surface area contributed by atoms with Crippen LogP contribution in [0.3, 0.4) is 0 Å². The second kappa shape index (κ2) is 6.87. The number of halogens is 1. The number of likely N-dealkylation sites (tertiary alicyclic amines) is 1. The molecule has 2 rings (SSSR count). The monoisotopic (exact) mass is 319 g/mol. The maximum atomic E-state index is 11.9. The van der Waals surface area contributed by atoms with Gasteiger partial charge in [-0.05, 0) is 24.1 Å². The van der Waals surface area contributed by atoms with E-state index >= 15 is 0 Å². The zero-order chi connectivity index (χ0) is 14.0. The zero-order valence-electron chi connectivity index (χ0n) is 11.8. The lowest BCUT2D eigenvalue weighted by atomic mass is 10.2. The molecule has 1 atom stereocenters. The summed E-state index contributed by atoms with van der Waals surface area (Å²) < 4.78 is 25.1. The minimum Gasteiger partial charge on any atom is -0.326 e. The smallest absolute Gasteiger partial charge is 0.242 e. The Bertz CT molecular complexity index is 531. The highest BCUT2D eigenvalue weighted by Gasteiger charge is 2.20. The van der Waals surface area contributed by atoms with Gasteiger partial charge in [0.05, 0.1) is 4.90 Å². The molecule has 0 unspecified atom stereocenters. The summed E-state index contributed by atoms with van der Waals surface area (Å²) in [6.07, 6.45) is 1.03. The summed E-state index contributed by atoms with van der Waals surface area (Å²) in [6.45, 7) is 2.76. The fraction of sp³-hybridized carbons (Fsp3) is 0.538. The van der Waals surface area contributed by atoms with Gasteiger partial charge < -0.3 is 5.73 Å². The fourth-order valence-electron chi connectivity index (χ4n) is 2.24. The van der Waals surface area contributed by atoms with E-state index < -0.39 is 10.0 Å². The maximum Gasteiger partial charge on any atom is 0.242 e. The Labute approximate surface area is 127 Å². The first-order chi connectivity index (χ1) is 8.89. The first-order valence-electron chi connectivity index (χ1n) is 6.39. The van der Waals surface area contributed by atoms with Gasteiger partial charge in [-0.1, -0.05) is 12.1 Å². The van der Waals surface area contributed by atoms with Crippen molar-refractivity contribution in [3.05, 3.63) is 29.8 Å². The third kappa shape index (κ3) is 3.93. The van der Waals surface area contributed by atoms with Crippen molar-refractivity contribution in [1.29, 1.82) is 0 Å². The SMILES string of the molecule is CN(C)S(=O)(=O)c1ccc(CN2CC[C@H](N)C2)cc1.Cl. The molecule has 1 heterocycles. The van der Waals surface area contributed by atoms with Gasteiger partial charge in [-0.2, -0.15) is 0 Å². The van der Waals surface area contributed by atoms with Crippen molar-refractivity contribution in [2.45, 2.75) is 23.9 Å². The molecule has 0 spiro atoms. The van der Waals surface area contributed by atoms with Crippen LogP contribution in [0.15, 0.2) is 29.2 Å². The maximum absolute atomic E-state index is 11.9. The Balaban J connectivity index is 0.00000200. The molecule has 5 nitrogen and oxygen atoms in total. The molecule has 0 bridgehead atoms. The average molecular weight is 320 g/mol. The lowest BCUT2D eigenvalue weighted by Gasteiger charge is -2.16. The predicted molar refractivity (Wildman–Crippen MR) is 82.4 cm³/mol. The number of nitrogens with two attached hydrogens (primary N) is 1. The van der Waals surface area contributed by atoms with Crippen molar-refractivity contribution < 1.29 is 8.42 Å². The van der Waals surface area contributed by atoms with Crippen LogP contribution in [-0.4, -0.2) is 50.8 Å². The molecule has 0 amide bonds. The average Bonchev–Trinajstić information content (AvgIpc) is 2.75. The van der Waals surface area contributed by atoms with Crippen LogP contribution < -0.4 is 5.73 Å². The van der Waals surface area contributed by atoms with Crippen molar-refractivity contribution >= 4 is 22.4 Å². The van der Waals surface area contributed by atoms with E-state index in [2.05, 4.69) is 4.90 Å². The molecule has 0 radical (unpaired) electrons. The Morgan fingerprint density at radius 2 is 1.90 bits per heavy atom. The molecule has 1 saturated heterocycles. The van der Waals surface area contributed by atoms with Gasteiger partial charge in [0, 0.05) is 39.8 Å². The predicted octanol–water partition coefficient (Wildman–Crippen LogP) is 0.892. The van der Waals surface area contributed by atoms with E-state index in [9.17, 15) is 8.42 Å². The number of benzene rings is 1. The largest absolute Gasteiger partial charge is 0.326 e. The van der Waals surface area contributed by atoms with Crippen molar-refractivity contribution in [2.24, 2.45) is 5.73 Å². The lowest BCUT2D eigenvalue weighted by molar-refractivity contribution is 0.327. The number of hydrogen-bond acceptors (Lipinski definition) is 4.